The highest BCUT2D eigenvalue weighted by atomic mass is 16.2. The third kappa shape index (κ3) is 4.35. The van der Waals surface area contributed by atoms with E-state index in [2.05, 4.69) is 34.4 Å². The molecule has 1 aliphatic rings. The maximum Gasteiger partial charge on any atom is 0.321 e. The molecule has 0 radical (unpaired) electrons. The number of aromatic nitrogens is 2. The number of urea groups is 1. The van der Waals surface area contributed by atoms with Crippen LogP contribution in [0.25, 0.3) is 0 Å². The summed E-state index contributed by atoms with van der Waals surface area (Å²) in [6.07, 6.45) is 4.60. The highest BCUT2D eigenvalue weighted by Crippen LogP contribution is 2.10. The summed E-state index contributed by atoms with van der Waals surface area (Å²) in [5, 5.41) is 7.29. The molecule has 2 aromatic rings. The fourth-order valence-electron chi connectivity index (χ4n) is 2.98. The van der Waals surface area contributed by atoms with E-state index in [1.807, 2.05) is 34.0 Å². The number of nitrogens with one attached hydrogen (secondary N) is 1. The molecule has 6 nitrogen and oxygen atoms in total. The van der Waals surface area contributed by atoms with Crippen molar-refractivity contribution >= 4 is 11.7 Å². The smallest absolute Gasteiger partial charge is 0.321 e. The van der Waals surface area contributed by atoms with Gasteiger partial charge in [0.2, 0.25) is 0 Å². The normalized spacial score (nSPS) is 16.0. The molecule has 0 atom stereocenters. The Balaban J connectivity index is 1.55. The minimum Gasteiger partial charge on any atom is -0.323 e. The number of benzene rings is 1. The zero-order valence-electron chi connectivity index (χ0n) is 14.2. The molecule has 128 valence electrons. The maximum atomic E-state index is 12.4. The van der Waals surface area contributed by atoms with E-state index in [1.165, 1.54) is 5.56 Å². The van der Waals surface area contributed by atoms with Crippen molar-refractivity contribution in [3.05, 3.63) is 48.3 Å². The molecular formula is C18H25N5O. The summed E-state index contributed by atoms with van der Waals surface area (Å²) in [5.74, 6) is 0. The van der Waals surface area contributed by atoms with Gasteiger partial charge in [0, 0.05) is 25.8 Å². The van der Waals surface area contributed by atoms with Crippen LogP contribution in [0.15, 0.2) is 42.7 Å². The number of hydrogen-bond acceptors (Lipinski definition) is 3. The van der Waals surface area contributed by atoms with Crippen molar-refractivity contribution in [3.63, 3.8) is 0 Å². The first-order valence-corrected chi connectivity index (χ1v) is 8.59. The van der Waals surface area contributed by atoms with Crippen LogP contribution in [0.5, 0.6) is 0 Å². The molecule has 6 heteroatoms. The fraction of sp³-hybridized carbons (Fsp3) is 0.444. The van der Waals surface area contributed by atoms with E-state index in [0.29, 0.717) is 6.54 Å². The molecule has 1 aromatic carbocycles. The van der Waals surface area contributed by atoms with Gasteiger partial charge in [-0.05, 0) is 25.1 Å². The van der Waals surface area contributed by atoms with Gasteiger partial charge in [0.25, 0.3) is 0 Å². The molecule has 1 N–H and O–H groups in total. The van der Waals surface area contributed by atoms with E-state index in [9.17, 15) is 4.79 Å². The Morgan fingerprint density at radius 1 is 1.17 bits per heavy atom. The minimum atomic E-state index is -0.0350. The fourth-order valence-corrected chi connectivity index (χ4v) is 2.98. The van der Waals surface area contributed by atoms with Gasteiger partial charge in [-0.25, -0.2) is 4.79 Å². The van der Waals surface area contributed by atoms with Crippen LogP contribution in [0, 0.1) is 0 Å². The standard InChI is InChI=1S/C18H25N5O/c1-2-21-9-6-10-22(12-11-21)18(24)20-17-13-19-23(15-17)14-16-7-4-3-5-8-16/h3-5,7-8,13,15H,2,6,9-12,14H2,1H3,(H,20,24). The van der Waals surface area contributed by atoms with Crippen molar-refractivity contribution < 1.29 is 4.79 Å². The van der Waals surface area contributed by atoms with Gasteiger partial charge < -0.3 is 15.1 Å². The molecule has 1 fully saturated rings. The lowest BCUT2D eigenvalue weighted by Crippen LogP contribution is -2.38. The van der Waals surface area contributed by atoms with Gasteiger partial charge in [0.05, 0.1) is 18.4 Å². The minimum absolute atomic E-state index is 0.0350. The monoisotopic (exact) mass is 327 g/mol. The zero-order valence-corrected chi connectivity index (χ0v) is 14.2. The Morgan fingerprint density at radius 3 is 2.79 bits per heavy atom. The topological polar surface area (TPSA) is 53.4 Å². The first-order valence-electron chi connectivity index (χ1n) is 8.59. The predicted octanol–water partition coefficient (Wildman–Crippen LogP) is 2.49. The molecule has 2 amide bonds. The van der Waals surface area contributed by atoms with Gasteiger partial charge in [0.15, 0.2) is 0 Å². The van der Waals surface area contributed by atoms with Gasteiger partial charge in [-0.1, -0.05) is 37.3 Å². The zero-order chi connectivity index (χ0) is 16.8. The van der Waals surface area contributed by atoms with Crippen LogP contribution < -0.4 is 5.32 Å². The average molecular weight is 327 g/mol. The molecule has 0 unspecified atom stereocenters. The second-order valence-electron chi connectivity index (χ2n) is 6.12. The van der Waals surface area contributed by atoms with Crippen LogP contribution >= 0.6 is 0 Å². The van der Waals surface area contributed by atoms with Crippen LogP contribution in [0.2, 0.25) is 0 Å². The highest BCUT2D eigenvalue weighted by Gasteiger charge is 2.18. The van der Waals surface area contributed by atoms with Crippen molar-refractivity contribution in [2.75, 3.05) is 38.0 Å². The lowest BCUT2D eigenvalue weighted by atomic mass is 10.2. The first kappa shape index (κ1) is 16.5. The maximum absolute atomic E-state index is 12.4. The van der Waals surface area contributed by atoms with Gasteiger partial charge >= 0.3 is 6.03 Å². The van der Waals surface area contributed by atoms with Gasteiger partial charge in [-0.15, -0.1) is 0 Å². The molecule has 3 rings (SSSR count). The van der Waals surface area contributed by atoms with E-state index in [4.69, 9.17) is 0 Å². The summed E-state index contributed by atoms with van der Waals surface area (Å²) < 4.78 is 1.84. The van der Waals surface area contributed by atoms with E-state index < -0.39 is 0 Å². The summed E-state index contributed by atoms with van der Waals surface area (Å²) in [5.41, 5.74) is 1.93. The van der Waals surface area contributed by atoms with Gasteiger partial charge in [-0.2, -0.15) is 5.10 Å². The SMILES string of the molecule is CCN1CCCN(C(=O)Nc2cnn(Cc3ccccc3)c2)CC1. The van der Waals surface area contributed by atoms with Crippen LogP contribution in [0.3, 0.4) is 0 Å². The molecule has 1 aliphatic heterocycles. The number of carbonyl (C=O) groups excluding carboxylic acids is 1. The Bertz CT molecular complexity index is 654. The first-order chi connectivity index (χ1) is 11.7. The molecule has 0 aliphatic carbocycles. The van der Waals surface area contributed by atoms with Gasteiger partial charge in [0.1, 0.15) is 0 Å². The van der Waals surface area contributed by atoms with Crippen molar-refractivity contribution in [3.8, 4) is 0 Å². The highest BCUT2D eigenvalue weighted by molar-refractivity contribution is 5.89. The summed E-state index contributed by atoms with van der Waals surface area (Å²) >= 11 is 0. The quantitative estimate of drug-likeness (QED) is 0.939. The number of amides is 2. The molecule has 0 spiro atoms. The van der Waals surface area contributed by atoms with Crippen molar-refractivity contribution in [2.24, 2.45) is 0 Å². The largest absolute Gasteiger partial charge is 0.323 e. The van der Waals surface area contributed by atoms with Crippen molar-refractivity contribution in [2.45, 2.75) is 19.9 Å². The molecule has 1 saturated heterocycles. The molecule has 24 heavy (non-hydrogen) atoms. The third-order valence-corrected chi connectivity index (χ3v) is 4.39. The number of hydrogen-bond donors (Lipinski definition) is 1. The number of carbonyl (C=O) groups is 1. The Hall–Kier alpha value is -2.34. The Morgan fingerprint density at radius 2 is 2.00 bits per heavy atom. The number of likely N-dealkylation sites (N-methyl/N-ethyl adjacent to an activating group) is 1. The van der Waals surface area contributed by atoms with Crippen LogP contribution in [0.4, 0.5) is 10.5 Å². The number of nitrogens with zero attached hydrogens (tertiary/aromatic N) is 4. The summed E-state index contributed by atoms with van der Waals surface area (Å²) in [6, 6.07) is 10.1. The van der Waals surface area contributed by atoms with Crippen molar-refractivity contribution in [1.82, 2.24) is 19.6 Å². The van der Waals surface area contributed by atoms with Crippen LogP contribution in [-0.2, 0) is 6.54 Å². The van der Waals surface area contributed by atoms with Gasteiger partial charge in [-0.3, -0.25) is 4.68 Å². The van der Waals surface area contributed by atoms with E-state index in [1.54, 1.807) is 6.20 Å². The van der Waals surface area contributed by atoms with E-state index >= 15 is 0 Å². The molecule has 0 saturated carbocycles. The lowest BCUT2D eigenvalue weighted by molar-refractivity contribution is 0.212. The molecule has 1 aromatic heterocycles. The Kier molecular flexibility index (Phi) is 5.48. The summed E-state index contributed by atoms with van der Waals surface area (Å²) in [6.45, 7) is 7.50. The Labute approximate surface area is 143 Å². The molecule has 2 heterocycles. The molecule has 0 bridgehead atoms. The number of rotatable bonds is 4. The van der Waals surface area contributed by atoms with E-state index in [0.717, 1.165) is 44.8 Å². The second-order valence-corrected chi connectivity index (χ2v) is 6.12. The second kappa shape index (κ2) is 7.97. The summed E-state index contributed by atoms with van der Waals surface area (Å²) in [4.78, 5) is 16.7. The lowest BCUT2D eigenvalue weighted by Gasteiger charge is -2.21. The van der Waals surface area contributed by atoms with Crippen LogP contribution in [0.1, 0.15) is 18.9 Å². The third-order valence-electron chi connectivity index (χ3n) is 4.39. The van der Waals surface area contributed by atoms with E-state index in [-0.39, 0.29) is 6.03 Å². The molecular weight excluding hydrogens is 302 g/mol. The number of anilines is 1. The van der Waals surface area contributed by atoms with Crippen LogP contribution in [-0.4, -0.2) is 58.3 Å². The predicted molar refractivity (Wildman–Crippen MR) is 95.1 cm³/mol. The summed E-state index contributed by atoms with van der Waals surface area (Å²) in [7, 11) is 0. The average Bonchev–Trinajstić information content (AvgIpc) is 2.89. The van der Waals surface area contributed by atoms with Crippen molar-refractivity contribution in [1.29, 1.82) is 0 Å².